The molecule has 6 nitrogen and oxygen atoms in total. The third kappa shape index (κ3) is 24.0. The predicted molar refractivity (Wildman–Crippen MR) is 168 cm³/mol. The maximum absolute atomic E-state index is 12.4. The molecular weight excluding hydrogens is 502 g/mol. The second kappa shape index (κ2) is 29.8. The van der Waals surface area contributed by atoms with E-state index in [1.165, 1.54) is 116 Å². The molecule has 6 heteroatoms. The van der Waals surface area contributed by atoms with E-state index in [1.54, 1.807) is 0 Å². The maximum Gasteiger partial charge on any atom is 0.249 e. The summed E-state index contributed by atoms with van der Waals surface area (Å²) in [6.45, 7) is 4.01. The molecule has 0 saturated carbocycles. The van der Waals surface area contributed by atoms with E-state index in [1.807, 2.05) is 0 Å². The van der Waals surface area contributed by atoms with E-state index in [0.29, 0.717) is 12.8 Å². The van der Waals surface area contributed by atoms with Gasteiger partial charge in [0.15, 0.2) is 0 Å². The molecule has 0 radical (unpaired) electrons. The molecule has 0 aromatic heterocycles. The van der Waals surface area contributed by atoms with Crippen molar-refractivity contribution < 1.29 is 25.2 Å². The summed E-state index contributed by atoms with van der Waals surface area (Å²) in [6, 6.07) is -0.976. The van der Waals surface area contributed by atoms with Crippen LogP contribution in [0, 0.1) is 0 Å². The first-order valence-corrected chi connectivity index (χ1v) is 17.4. The first-order chi connectivity index (χ1) is 19.5. The largest absolute Gasteiger partial charge is 0.394 e. The Morgan fingerprint density at radius 2 is 0.850 bits per heavy atom. The molecule has 0 rings (SSSR count). The molecule has 240 valence electrons. The van der Waals surface area contributed by atoms with Crippen LogP contribution in [0.5, 0.6) is 0 Å². The molecule has 40 heavy (non-hydrogen) atoms. The highest BCUT2D eigenvalue weighted by Crippen LogP contribution is 2.16. The zero-order valence-electron chi connectivity index (χ0n) is 26.6. The van der Waals surface area contributed by atoms with Crippen molar-refractivity contribution in [3.63, 3.8) is 0 Å². The van der Waals surface area contributed by atoms with Crippen LogP contribution < -0.4 is 5.32 Å². The molecule has 2 unspecified atom stereocenters. The lowest BCUT2D eigenvalue weighted by molar-refractivity contribution is -0.132. The number of rotatable bonds is 31. The minimum atomic E-state index is -1.25. The van der Waals surface area contributed by atoms with Gasteiger partial charge in [-0.05, 0) is 12.8 Å². The van der Waals surface area contributed by atoms with Gasteiger partial charge in [0, 0.05) is 0 Å². The van der Waals surface area contributed by atoms with Crippen LogP contribution in [0.4, 0.5) is 0 Å². The molecule has 0 fully saturated rings. The fourth-order valence-corrected chi connectivity index (χ4v) is 5.46. The Kier molecular flexibility index (Phi) is 29.3. The van der Waals surface area contributed by atoms with E-state index in [-0.39, 0.29) is 0 Å². The lowest BCUT2D eigenvalue weighted by Gasteiger charge is -2.27. The SMILES string of the molecule is CCCCCCCCCCCCCCC(O)C(=O)N[C@H](CO)[C@H](O)C(O)CCCCCCCCCCCCCC. The van der Waals surface area contributed by atoms with Crippen LogP contribution in [0.2, 0.25) is 0 Å². The van der Waals surface area contributed by atoms with Gasteiger partial charge >= 0.3 is 0 Å². The second-order valence-corrected chi connectivity index (χ2v) is 12.2. The van der Waals surface area contributed by atoms with E-state index < -0.39 is 36.9 Å². The van der Waals surface area contributed by atoms with Crippen molar-refractivity contribution in [2.75, 3.05) is 6.61 Å². The molecule has 0 heterocycles. The quantitative estimate of drug-likeness (QED) is 0.0547. The smallest absolute Gasteiger partial charge is 0.249 e. The van der Waals surface area contributed by atoms with Crippen LogP contribution >= 0.6 is 0 Å². The van der Waals surface area contributed by atoms with Crippen molar-refractivity contribution in [2.45, 2.75) is 205 Å². The van der Waals surface area contributed by atoms with Crippen LogP contribution in [0.3, 0.4) is 0 Å². The first-order valence-electron chi connectivity index (χ1n) is 17.4. The van der Waals surface area contributed by atoms with Crippen LogP contribution in [0.1, 0.15) is 181 Å². The standard InChI is InChI=1S/C34H69NO5/c1-3-5-7-9-11-13-15-17-19-21-23-25-27-31(37)33(39)30(29-36)35-34(40)32(38)28-26-24-22-20-18-16-14-12-10-8-6-4-2/h30-33,36-39H,3-29H2,1-2H3,(H,35,40)/t30-,31?,32?,33+/m1/s1. The molecule has 0 saturated heterocycles. The van der Waals surface area contributed by atoms with Gasteiger partial charge in [0.25, 0.3) is 0 Å². The van der Waals surface area contributed by atoms with Gasteiger partial charge in [-0.2, -0.15) is 0 Å². The van der Waals surface area contributed by atoms with Crippen molar-refractivity contribution in [1.29, 1.82) is 0 Å². The fraction of sp³-hybridized carbons (Fsp3) is 0.971. The molecule has 0 aliphatic heterocycles. The highest BCUT2D eigenvalue weighted by Gasteiger charge is 2.28. The molecule has 0 aromatic carbocycles. The molecule has 0 spiro atoms. The van der Waals surface area contributed by atoms with Gasteiger partial charge in [-0.1, -0.05) is 168 Å². The van der Waals surface area contributed by atoms with E-state index >= 15 is 0 Å². The summed E-state index contributed by atoms with van der Waals surface area (Å²) in [5.74, 6) is -0.585. The molecule has 0 aliphatic carbocycles. The van der Waals surface area contributed by atoms with E-state index in [9.17, 15) is 25.2 Å². The van der Waals surface area contributed by atoms with Crippen molar-refractivity contribution in [2.24, 2.45) is 0 Å². The average molecular weight is 572 g/mol. The first kappa shape index (κ1) is 39.3. The molecule has 0 bridgehead atoms. The number of carbonyl (C=O) groups excluding carboxylic acids is 1. The fourth-order valence-electron chi connectivity index (χ4n) is 5.46. The Morgan fingerprint density at radius 3 is 1.20 bits per heavy atom. The van der Waals surface area contributed by atoms with Crippen LogP contribution in [-0.4, -0.2) is 57.3 Å². The number of hydrogen-bond donors (Lipinski definition) is 5. The number of amides is 1. The minimum Gasteiger partial charge on any atom is -0.394 e. The van der Waals surface area contributed by atoms with Gasteiger partial charge in [0.1, 0.15) is 12.2 Å². The van der Waals surface area contributed by atoms with Gasteiger partial charge in [-0.15, -0.1) is 0 Å². The zero-order chi connectivity index (χ0) is 29.7. The Morgan fingerprint density at radius 1 is 0.525 bits per heavy atom. The number of unbranched alkanes of at least 4 members (excludes halogenated alkanes) is 22. The predicted octanol–water partition coefficient (Wildman–Crippen LogP) is 7.73. The van der Waals surface area contributed by atoms with Gasteiger partial charge in [0.2, 0.25) is 5.91 Å². The van der Waals surface area contributed by atoms with Gasteiger partial charge < -0.3 is 25.7 Å². The van der Waals surface area contributed by atoms with Crippen molar-refractivity contribution in [3.8, 4) is 0 Å². The van der Waals surface area contributed by atoms with Crippen molar-refractivity contribution in [1.82, 2.24) is 5.32 Å². The molecule has 4 atom stereocenters. The average Bonchev–Trinajstić information content (AvgIpc) is 2.96. The monoisotopic (exact) mass is 572 g/mol. The number of nitrogens with one attached hydrogen (secondary N) is 1. The lowest BCUT2D eigenvalue weighted by atomic mass is 9.99. The number of carbonyl (C=O) groups is 1. The van der Waals surface area contributed by atoms with Crippen molar-refractivity contribution >= 4 is 5.91 Å². The molecule has 1 amide bonds. The molecule has 0 aromatic rings. The molecule has 5 N–H and O–H groups in total. The number of aliphatic hydroxyl groups is 4. The summed E-state index contributed by atoms with van der Waals surface area (Å²) in [5.41, 5.74) is 0. The van der Waals surface area contributed by atoms with E-state index in [2.05, 4.69) is 19.2 Å². The Labute approximate surface area is 248 Å². The summed E-state index contributed by atoms with van der Waals surface area (Å²) in [6.07, 6.45) is 26.9. The topological polar surface area (TPSA) is 110 Å². The van der Waals surface area contributed by atoms with Gasteiger partial charge in [0.05, 0.1) is 18.8 Å². The van der Waals surface area contributed by atoms with E-state index in [0.717, 1.165) is 38.5 Å². The van der Waals surface area contributed by atoms with Crippen LogP contribution in [-0.2, 0) is 4.79 Å². The number of hydrogen-bond acceptors (Lipinski definition) is 5. The molecule has 0 aliphatic rings. The lowest BCUT2D eigenvalue weighted by Crippen LogP contribution is -2.53. The summed E-state index contributed by atoms with van der Waals surface area (Å²) < 4.78 is 0. The summed E-state index contributed by atoms with van der Waals surface area (Å²) in [5, 5.41) is 43.3. The highest BCUT2D eigenvalue weighted by molar-refractivity contribution is 5.80. The zero-order valence-corrected chi connectivity index (χ0v) is 26.6. The maximum atomic E-state index is 12.4. The summed E-state index contributed by atoms with van der Waals surface area (Å²) in [7, 11) is 0. The number of aliphatic hydroxyl groups excluding tert-OH is 4. The second-order valence-electron chi connectivity index (χ2n) is 12.2. The Balaban J connectivity index is 3.83. The van der Waals surface area contributed by atoms with Crippen molar-refractivity contribution in [3.05, 3.63) is 0 Å². The summed E-state index contributed by atoms with van der Waals surface area (Å²) in [4.78, 5) is 12.4. The highest BCUT2D eigenvalue weighted by atomic mass is 16.3. The third-order valence-electron chi connectivity index (χ3n) is 8.32. The van der Waals surface area contributed by atoms with Crippen LogP contribution in [0.15, 0.2) is 0 Å². The van der Waals surface area contributed by atoms with Gasteiger partial charge in [-0.3, -0.25) is 4.79 Å². The Bertz CT molecular complexity index is 532. The Hall–Kier alpha value is -0.690. The van der Waals surface area contributed by atoms with E-state index in [4.69, 9.17) is 0 Å². The summed E-state index contributed by atoms with van der Waals surface area (Å²) >= 11 is 0. The third-order valence-corrected chi connectivity index (χ3v) is 8.32. The van der Waals surface area contributed by atoms with Crippen LogP contribution in [0.25, 0.3) is 0 Å². The normalized spacial score (nSPS) is 14.7. The van der Waals surface area contributed by atoms with Gasteiger partial charge in [-0.25, -0.2) is 0 Å². The molecular formula is C34H69NO5. The minimum absolute atomic E-state index is 0.374.